The number of amides is 2. The number of ketones is 1. The lowest BCUT2D eigenvalue weighted by molar-refractivity contribution is -0.112. The number of para-hydroxylation sites is 2. The first kappa shape index (κ1) is 27.8. The number of hydrogen-bond acceptors (Lipinski definition) is 7. The number of nitrogen functional groups attached to an aromatic ring is 1. The van der Waals surface area contributed by atoms with Crippen LogP contribution in [-0.2, 0) is 9.53 Å². The predicted octanol–water partition coefficient (Wildman–Crippen LogP) is 5.70. The van der Waals surface area contributed by atoms with E-state index < -0.39 is 23.5 Å². The van der Waals surface area contributed by atoms with E-state index in [-0.39, 0.29) is 17.3 Å². The fourth-order valence-corrected chi connectivity index (χ4v) is 3.73. The minimum atomic E-state index is -0.915. The molecular formula is C29H31N3O6. The van der Waals surface area contributed by atoms with Crippen LogP contribution < -0.4 is 21.1 Å². The zero-order valence-corrected chi connectivity index (χ0v) is 21.6. The molecule has 0 heterocycles. The molecule has 2 amide bonds. The average molecular weight is 518 g/mol. The number of Topliss-reactive ketones (excluding diaryl/α,β-unsaturated/α-hetero) is 1. The lowest BCUT2D eigenvalue weighted by Gasteiger charge is -2.32. The van der Waals surface area contributed by atoms with E-state index in [0.29, 0.717) is 28.2 Å². The predicted molar refractivity (Wildman–Crippen MR) is 146 cm³/mol. The van der Waals surface area contributed by atoms with Crippen LogP contribution in [-0.4, -0.2) is 30.0 Å². The number of carbonyl (C=O) groups excluding carboxylic acids is 3. The summed E-state index contributed by atoms with van der Waals surface area (Å²) in [6.07, 6.45) is 1.28. The Labute approximate surface area is 221 Å². The third kappa shape index (κ3) is 7.13. The Morgan fingerprint density at radius 3 is 2.29 bits per heavy atom. The zero-order chi connectivity index (χ0) is 27.9. The summed E-state index contributed by atoms with van der Waals surface area (Å²) in [5.74, 6) is -0.375. The second kappa shape index (κ2) is 12.0. The summed E-state index contributed by atoms with van der Waals surface area (Å²) in [6.45, 7) is 5.03. The number of anilines is 3. The van der Waals surface area contributed by atoms with E-state index in [9.17, 15) is 19.5 Å². The van der Waals surface area contributed by atoms with E-state index in [2.05, 4.69) is 10.6 Å². The number of carbonyl (C=O) groups is 3. The standard InChI is InChI=1S/C29H31N3O6/c1-18(33)19-9-12-21(13-10-19)31-28(36)38-27(20-11-14-25(37-4)24(34)17-20)29(2,3)16-15-26(35)32-23-8-6-5-7-22(23)30/h5-17,27,34H,30H2,1-4H3,(H,31,36)(H,32,35)/b16-15+/t27-/m1/s1. The molecule has 0 unspecified atom stereocenters. The minimum absolute atomic E-state index is 0.0916. The topological polar surface area (TPSA) is 140 Å². The van der Waals surface area contributed by atoms with Crippen molar-refractivity contribution in [3.8, 4) is 11.5 Å². The molecule has 0 bridgehead atoms. The number of nitrogens with one attached hydrogen (secondary N) is 2. The summed E-state index contributed by atoms with van der Waals surface area (Å²) in [7, 11) is 1.43. The highest BCUT2D eigenvalue weighted by Gasteiger charge is 2.33. The van der Waals surface area contributed by atoms with Gasteiger partial charge in [0.15, 0.2) is 17.3 Å². The molecule has 9 heteroatoms. The van der Waals surface area contributed by atoms with Crippen LogP contribution in [0, 0.1) is 5.41 Å². The minimum Gasteiger partial charge on any atom is -0.504 e. The van der Waals surface area contributed by atoms with Crippen LogP contribution in [0.5, 0.6) is 11.5 Å². The van der Waals surface area contributed by atoms with Crippen LogP contribution in [0.15, 0.2) is 78.9 Å². The summed E-state index contributed by atoms with van der Waals surface area (Å²) < 4.78 is 10.9. The van der Waals surface area contributed by atoms with Gasteiger partial charge in [-0.25, -0.2) is 4.79 Å². The van der Waals surface area contributed by atoms with Crippen molar-refractivity contribution >= 4 is 34.8 Å². The van der Waals surface area contributed by atoms with Crippen LogP contribution in [0.2, 0.25) is 0 Å². The number of ether oxygens (including phenoxy) is 2. The summed E-state index contributed by atoms with van der Waals surface area (Å²) in [5, 5.41) is 15.7. The molecule has 0 saturated carbocycles. The molecule has 0 aliphatic rings. The van der Waals surface area contributed by atoms with Crippen LogP contribution in [0.25, 0.3) is 0 Å². The zero-order valence-electron chi connectivity index (χ0n) is 21.6. The maximum absolute atomic E-state index is 12.9. The number of hydrogen-bond donors (Lipinski definition) is 4. The molecule has 0 fully saturated rings. The Morgan fingerprint density at radius 2 is 1.68 bits per heavy atom. The summed E-state index contributed by atoms with van der Waals surface area (Å²) in [4.78, 5) is 37.0. The summed E-state index contributed by atoms with van der Waals surface area (Å²) >= 11 is 0. The fraction of sp³-hybridized carbons (Fsp3) is 0.207. The third-order valence-electron chi connectivity index (χ3n) is 5.83. The van der Waals surface area contributed by atoms with Crippen molar-refractivity contribution in [1.82, 2.24) is 0 Å². The van der Waals surface area contributed by atoms with Crippen molar-refractivity contribution in [1.29, 1.82) is 0 Å². The van der Waals surface area contributed by atoms with E-state index in [1.54, 1.807) is 80.6 Å². The van der Waals surface area contributed by atoms with Gasteiger partial charge in [0.1, 0.15) is 6.10 Å². The van der Waals surface area contributed by atoms with Crippen LogP contribution in [0.3, 0.4) is 0 Å². The van der Waals surface area contributed by atoms with Crippen molar-refractivity contribution in [3.05, 3.63) is 90.0 Å². The summed E-state index contributed by atoms with van der Waals surface area (Å²) in [5.41, 5.74) is 7.32. The number of phenolic OH excluding ortho intramolecular Hbond substituents is 1. The molecule has 38 heavy (non-hydrogen) atoms. The van der Waals surface area contributed by atoms with Gasteiger partial charge < -0.3 is 25.6 Å². The first-order chi connectivity index (χ1) is 18.0. The second-order valence-corrected chi connectivity index (χ2v) is 9.21. The van der Waals surface area contributed by atoms with Gasteiger partial charge >= 0.3 is 6.09 Å². The molecule has 0 aromatic heterocycles. The average Bonchev–Trinajstić information content (AvgIpc) is 2.87. The maximum Gasteiger partial charge on any atom is 0.412 e. The van der Waals surface area contributed by atoms with Gasteiger partial charge in [-0.3, -0.25) is 14.9 Å². The molecule has 198 valence electrons. The molecule has 3 aromatic rings. The summed E-state index contributed by atoms with van der Waals surface area (Å²) in [6, 6.07) is 17.9. The highest BCUT2D eigenvalue weighted by atomic mass is 16.6. The fourth-order valence-electron chi connectivity index (χ4n) is 3.73. The number of rotatable bonds is 9. The molecule has 5 N–H and O–H groups in total. The van der Waals surface area contributed by atoms with Crippen molar-refractivity contribution in [2.45, 2.75) is 26.9 Å². The van der Waals surface area contributed by atoms with Gasteiger partial charge in [0.05, 0.1) is 18.5 Å². The SMILES string of the molecule is COc1ccc([C@@H](OC(=O)Nc2ccc(C(C)=O)cc2)C(C)(C)/C=C/C(=O)Nc2ccccc2N)cc1O. The Hall–Kier alpha value is -4.79. The van der Waals surface area contributed by atoms with Gasteiger partial charge in [-0.2, -0.15) is 0 Å². The molecule has 0 saturated heterocycles. The first-order valence-electron chi connectivity index (χ1n) is 11.8. The number of aromatic hydroxyl groups is 1. The Morgan fingerprint density at radius 1 is 1.00 bits per heavy atom. The van der Waals surface area contributed by atoms with Gasteiger partial charge in [-0.15, -0.1) is 0 Å². The molecule has 0 radical (unpaired) electrons. The highest BCUT2D eigenvalue weighted by molar-refractivity contribution is 6.01. The molecule has 1 atom stereocenters. The molecule has 3 rings (SSSR count). The van der Waals surface area contributed by atoms with Crippen LogP contribution in [0.4, 0.5) is 21.9 Å². The van der Waals surface area contributed by atoms with Gasteiger partial charge in [0.2, 0.25) is 5.91 Å². The van der Waals surface area contributed by atoms with Crippen molar-refractivity contribution in [2.24, 2.45) is 5.41 Å². The van der Waals surface area contributed by atoms with Gasteiger partial charge in [-0.1, -0.05) is 38.1 Å². The van der Waals surface area contributed by atoms with E-state index in [1.165, 1.54) is 26.2 Å². The third-order valence-corrected chi connectivity index (χ3v) is 5.83. The quantitative estimate of drug-likeness (QED) is 0.162. The number of benzene rings is 3. The monoisotopic (exact) mass is 517 g/mol. The molecular weight excluding hydrogens is 486 g/mol. The van der Waals surface area contributed by atoms with Gasteiger partial charge in [0, 0.05) is 16.7 Å². The van der Waals surface area contributed by atoms with Gasteiger partial charge in [0.25, 0.3) is 0 Å². The second-order valence-electron chi connectivity index (χ2n) is 9.21. The van der Waals surface area contributed by atoms with Gasteiger partial charge in [-0.05, 0) is 67.1 Å². The van der Waals surface area contributed by atoms with Crippen LogP contribution in [0.1, 0.15) is 42.8 Å². The number of nitrogens with two attached hydrogens (primary N) is 1. The molecule has 9 nitrogen and oxygen atoms in total. The smallest absolute Gasteiger partial charge is 0.412 e. The van der Waals surface area contributed by atoms with Crippen molar-refractivity contribution in [2.75, 3.05) is 23.5 Å². The molecule has 0 aliphatic heterocycles. The van der Waals surface area contributed by atoms with Crippen LogP contribution >= 0.6 is 0 Å². The Bertz CT molecular complexity index is 1350. The van der Waals surface area contributed by atoms with Crippen molar-refractivity contribution in [3.63, 3.8) is 0 Å². The molecule has 0 aliphatic carbocycles. The number of phenols is 1. The number of methoxy groups -OCH3 is 1. The lowest BCUT2D eigenvalue weighted by atomic mass is 9.82. The maximum atomic E-state index is 12.9. The van der Waals surface area contributed by atoms with E-state index in [4.69, 9.17) is 15.2 Å². The lowest BCUT2D eigenvalue weighted by Crippen LogP contribution is -2.28. The first-order valence-corrected chi connectivity index (χ1v) is 11.8. The largest absolute Gasteiger partial charge is 0.504 e. The highest BCUT2D eigenvalue weighted by Crippen LogP contribution is 2.41. The van der Waals surface area contributed by atoms with Crippen molar-refractivity contribution < 1.29 is 29.0 Å². The normalized spacial score (nSPS) is 12.0. The Kier molecular flexibility index (Phi) is 8.75. The Balaban J connectivity index is 1.84. The van der Waals surface area contributed by atoms with E-state index >= 15 is 0 Å². The van der Waals surface area contributed by atoms with E-state index in [1.807, 2.05) is 0 Å². The van der Waals surface area contributed by atoms with E-state index in [0.717, 1.165) is 0 Å². The molecule has 0 spiro atoms. The molecule has 3 aromatic carbocycles.